The molecule has 1 aromatic heterocycles. The van der Waals surface area contributed by atoms with Gasteiger partial charge in [0.25, 0.3) is 0 Å². The molecule has 0 saturated carbocycles. The molecule has 3 aromatic rings. The van der Waals surface area contributed by atoms with Gasteiger partial charge >= 0.3 is 5.69 Å². The van der Waals surface area contributed by atoms with Crippen molar-refractivity contribution >= 4 is 0 Å². The van der Waals surface area contributed by atoms with E-state index in [9.17, 15) is 4.79 Å². The Morgan fingerprint density at radius 3 is 2.05 bits per heavy atom. The molecule has 0 atom stereocenters. The maximum atomic E-state index is 12.1. The summed E-state index contributed by atoms with van der Waals surface area (Å²) < 4.78 is 1.63. The van der Waals surface area contributed by atoms with Crippen molar-refractivity contribution < 1.29 is 0 Å². The van der Waals surface area contributed by atoms with Gasteiger partial charge in [0.2, 0.25) is 0 Å². The summed E-state index contributed by atoms with van der Waals surface area (Å²) in [4.78, 5) is 16.4. The third-order valence-electron chi connectivity index (χ3n) is 3.47. The van der Waals surface area contributed by atoms with Crippen LogP contribution in [0, 0.1) is 0 Å². The van der Waals surface area contributed by atoms with E-state index in [1.807, 2.05) is 73.8 Å². The van der Waals surface area contributed by atoms with Crippen LogP contribution < -0.4 is 5.69 Å². The SMILES string of the molecule is CCn1cc(-c2ccccc2)c(-c2ccccc2)nc1=O. The van der Waals surface area contributed by atoms with E-state index in [1.54, 1.807) is 4.57 Å². The van der Waals surface area contributed by atoms with Gasteiger partial charge in [0.05, 0.1) is 5.69 Å². The lowest BCUT2D eigenvalue weighted by Crippen LogP contribution is -2.22. The second-order valence-corrected chi connectivity index (χ2v) is 4.80. The fourth-order valence-corrected chi connectivity index (χ4v) is 2.36. The fourth-order valence-electron chi connectivity index (χ4n) is 2.36. The van der Waals surface area contributed by atoms with Crippen molar-refractivity contribution in [1.29, 1.82) is 0 Å². The maximum Gasteiger partial charge on any atom is 0.348 e. The molecule has 3 heteroatoms. The van der Waals surface area contributed by atoms with Gasteiger partial charge in [-0.05, 0) is 12.5 Å². The molecule has 1 heterocycles. The first-order chi connectivity index (χ1) is 10.3. The van der Waals surface area contributed by atoms with E-state index < -0.39 is 0 Å². The van der Waals surface area contributed by atoms with Crippen LogP contribution in [0.1, 0.15) is 6.92 Å². The normalized spacial score (nSPS) is 10.5. The van der Waals surface area contributed by atoms with Crippen molar-refractivity contribution in [2.75, 3.05) is 0 Å². The molecule has 0 unspecified atom stereocenters. The summed E-state index contributed by atoms with van der Waals surface area (Å²) in [5, 5.41) is 0. The van der Waals surface area contributed by atoms with Gasteiger partial charge in [-0.2, -0.15) is 4.98 Å². The predicted molar refractivity (Wildman–Crippen MR) is 85.0 cm³/mol. The van der Waals surface area contributed by atoms with Gasteiger partial charge in [-0.25, -0.2) is 4.79 Å². The van der Waals surface area contributed by atoms with Crippen LogP contribution in [0.15, 0.2) is 71.7 Å². The van der Waals surface area contributed by atoms with Crippen LogP contribution in [0.5, 0.6) is 0 Å². The van der Waals surface area contributed by atoms with Gasteiger partial charge in [-0.1, -0.05) is 60.7 Å². The Morgan fingerprint density at radius 2 is 1.48 bits per heavy atom. The van der Waals surface area contributed by atoms with Crippen LogP contribution in [0.2, 0.25) is 0 Å². The quantitative estimate of drug-likeness (QED) is 0.732. The summed E-state index contributed by atoms with van der Waals surface area (Å²) in [5.41, 5.74) is 3.51. The standard InChI is InChI=1S/C18H16N2O/c1-2-20-13-16(14-9-5-3-6-10-14)17(19-18(20)21)15-11-7-4-8-12-15/h3-13H,2H2,1H3. The highest BCUT2D eigenvalue weighted by molar-refractivity contribution is 5.79. The summed E-state index contributed by atoms with van der Waals surface area (Å²) in [7, 11) is 0. The Morgan fingerprint density at radius 1 is 0.905 bits per heavy atom. The lowest BCUT2D eigenvalue weighted by Gasteiger charge is -2.11. The van der Waals surface area contributed by atoms with Crippen LogP contribution >= 0.6 is 0 Å². The van der Waals surface area contributed by atoms with E-state index in [0.717, 1.165) is 22.4 Å². The van der Waals surface area contributed by atoms with Crippen LogP contribution in [0.4, 0.5) is 0 Å². The molecule has 0 saturated heterocycles. The van der Waals surface area contributed by atoms with E-state index >= 15 is 0 Å². The Balaban J connectivity index is 2.28. The zero-order valence-corrected chi connectivity index (χ0v) is 11.9. The Kier molecular flexibility index (Phi) is 3.65. The van der Waals surface area contributed by atoms with E-state index in [-0.39, 0.29) is 5.69 Å². The highest BCUT2D eigenvalue weighted by atomic mass is 16.1. The molecule has 0 spiro atoms. The highest BCUT2D eigenvalue weighted by Gasteiger charge is 2.11. The minimum Gasteiger partial charge on any atom is -0.299 e. The number of aryl methyl sites for hydroxylation is 1. The summed E-state index contributed by atoms with van der Waals surface area (Å²) in [6, 6.07) is 19.9. The first-order valence-electron chi connectivity index (χ1n) is 7.02. The number of rotatable bonds is 3. The lowest BCUT2D eigenvalue weighted by atomic mass is 10.0. The smallest absolute Gasteiger partial charge is 0.299 e. The van der Waals surface area contributed by atoms with Crippen molar-refractivity contribution in [2.45, 2.75) is 13.5 Å². The Hall–Kier alpha value is -2.68. The molecule has 0 amide bonds. The van der Waals surface area contributed by atoms with Crippen molar-refractivity contribution in [3.8, 4) is 22.4 Å². The maximum absolute atomic E-state index is 12.1. The van der Waals surface area contributed by atoms with Crippen LogP contribution in [0.25, 0.3) is 22.4 Å². The van der Waals surface area contributed by atoms with Gasteiger partial charge in [0.1, 0.15) is 0 Å². The largest absolute Gasteiger partial charge is 0.348 e. The molecule has 0 aliphatic carbocycles. The molecule has 0 N–H and O–H groups in total. The van der Waals surface area contributed by atoms with Crippen molar-refractivity contribution in [3.63, 3.8) is 0 Å². The molecule has 104 valence electrons. The molecule has 0 bridgehead atoms. The van der Waals surface area contributed by atoms with Gasteiger partial charge in [0.15, 0.2) is 0 Å². The zero-order chi connectivity index (χ0) is 14.7. The zero-order valence-electron chi connectivity index (χ0n) is 11.9. The van der Waals surface area contributed by atoms with Crippen molar-refractivity contribution in [1.82, 2.24) is 9.55 Å². The second kappa shape index (κ2) is 5.75. The third kappa shape index (κ3) is 2.63. The predicted octanol–water partition coefficient (Wildman–Crippen LogP) is 3.60. The van der Waals surface area contributed by atoms with Gasteiger partial charge in [0, 0.05) is 23.9 Å². The number of hydrogen-bond acceptors (Lipinski definition) is 2. The second-order valence-electron chi connectivity index (χ2n) is 4.80. The monoisotopic (exact) mass is 276 g/mol. The number of benzene rings is 2. The number of aromatic nitrogens is 2. The molecular weight excluding hydrogens is 260 g/mol. The Bertz CT molecular complexity index is 792. The van der Waals surface area contributed by atoms with Gasteiger partial charge < -0.3 is 0 Å². The fraction of sp³-hybridized carbons (Fsp3) is 0.111. The van der Waals surface area contributed by atoms with Gasteiger partial charge in [-0.3, -0.25) is 4.57 Å². The van der Waals surface area contributed by atoms with Crippen LogP contribution in [-0.2, 0) is 6.54 Å². The highest BCUT2D eigenvalue weighted by Crippen LogP contribution is 2.28. The first-order valence-corrected chi connectivity index (χ1v) is 7.02. The van der Waals surface area contributed by atoms with Crippen LogP contribution in [-0.4, -0.2) is 9.55 Å². The average Bonchev–Trinajstić information content (AvgIpc) is 2.56. The molecular formula is C18H16N2O. The van der Waals surface area contributed by atoms with E-state index in [0.29, 0.717) is 6.54 Å². The van der Waals surface area contributed by atoms with E-state index in [4.69, 9.17) is 0 Å². The van der Waals surface area contributed by atoms with E-state index in [2.05, 4.69) is 4.98 Å². The van der Waals surface area contributed by atoms with E-state index in [1.165, 1.54) is 0 Å². The molecule has 0 aliphatic rings. The molecule has 2 aromatic carbocycles. The van der Waals surface area contributed by atoms with Gasteiger partial charge in [-0.15, -0.1) is 0 Å². The minimum atomic E-state index is -0.212. The summed E-state index contributed by atoms with van der Waals surface area (Å²) in [5.74, 6) is 0. The number of nitrogens with zero attached hydrogens (tertiary/aromatic N) is 2. The number of hydrogen-bond donors (Lipinski definition) is 0. The molecule has 0 radical (unpaired) electrons. The lowest BCUT2D eigenvalue weighted by molar-refractivity contribution is 0.702. The average molecular weight is 276 g/mol. The third-order valence-corrected chi connectivity index (χ3v) is 3.47. The topological polar surface area (TPSA) is 34.9 Å². The molecule has 3 rings (SSSR count). The Labute approximate surface area is 123 Å². The molecule has 0 aliphatic heterocycles. The van der Waals surface area contributed by atoms with Crippen LogP contribution in [0.3, 0.4) is 0 Å². The minimum absolute atomic E-state index is 0.212. The summed E-state index contributed by atoms with van der Waals surface area (Å²) in [6.45, 7) is 2.56. The van der Waals surface area contributed by atoms with Crippen molar-refractivity contribution in [2.24, 2.45) is 0 Å². The molecule has 3 nitrogen and oxygen atoms in total. The molecule has 0 fully saturated rings. The summed E-state index contributed by atoms with van der Waals surface area (Å²) in [6.07, 6.45) is 1.90. The summed E-state index contributed by atoms with van der Waals surface area (Å²) >= 11 is 0. The first kappa shape index (κ1) is 13.3. The molecule has 21 heavy (non-hydrogen) atoms. The van der Waals surface area contributed by atoms with Crippen molar-refractivity contribution in [3.05, 3.63) is 77.3 Å².